The highest BCUT2D eigenvalue weighted by Gasteiger charge is 2.00. The Morgan fingerprint density at radius 1 is 1.53 bits per heavy atom. The van der Waals surface area contributed by atoms with Crippen LogP contribution in [0.25, 0.3) is 0 Å². The largest absolute Gasteiger partial charge is 0.383 e. The maximum absolute atomic E-state index is 11.3. The molecule has 0 saturated carbocycles. The zero-order chi connectivity index (χ0) is 12.5. The average Bonchev–Trinajstić information content (AvgIpc) is 2.71. The number of carbonyl (C=O) groups is 1. The van der Waals surface area contributed by atoms with Gasteiger partial charge in [0.05, 0.1) is 6.61 Å². The first-order valence-electron chi connectivity index (χ1n) is 5.69. The number of H-pyrrole nitrogens is 1. The molecule has 0 aromatic carbocycles. The fraction of sp³-hybridized carbons (Fsp3) is 0.636. The fourth-order valence-electron chi connectivity index (χ4n) is 1.37. The fourth-order valence-corrected chi connectivity index (χ4v) is 1.37. The molecule has 1 rings (SSSR count). The van der Waals surface area contributed by atoms with Crippen LogP contribution in [0.4, 0.5) is 0 Å². The highest BCUT2D eigenvalue weighted by atomic mass is 16.5. The molecule has 6 heteroatoms. The first-order chi connectivity index (χ1) is 8.22. The van der Waals surface area contributed by atoms with Crippen LogP contribution in [-0.4, -0.2) is 42.7 Å². The molecule has 96 valence electrons. The molecule has 1 heterocycles. The summed E-state index contributed by atoms with van der Waals surface area (Å²) in [5.74, 6) is 0.939. The number of ether oxygens (including phenoxy) is 1. The van der Waals surface area contributed by atoms with Gasteiger partial charge in [-0.15, -0.1) is 0 Å². The van der Waals surface area contributed by atoms with Crippen molar-refractivity contribution < 1.29 is 9.53 Å². The van der Waals surface area contributed by atoms with E-state index in [-0.39, 0.29) is 5.91 Å². The lowest BCUT2D eigenvalue weighted by atomic mass is 10.3. The number of carbonyl (C=O) groups excluding carboxylic acids is 1. The van der Waals surface area contributed by atoms with Gasteiger partial charge in [-0.1, -0.05) is 0 Å². The second-order valence-corrected chi connectivity index (χ2v) is 3.76. The van der Waals surface area contributed by atoms with E-state index in [9.17, 15) is 4.79 Å². The predicted octanol–water partition coefficient (Wildman–Crippen LogP) is -0.0396. The summed E-state index contributed by atoms with van der Waals surface area (Å²) in [6.45, 7) is 4.37. The van der Waals surface area contributed by atoms with E-state index in [1.807, 2.05) is 6.92 Å². The molecule has 17 heavy (non-hydrogen) atoms. The number of hydrogen-bond donors (Lipinski definition) is 3. The summed E-state index contributed by atoms with van der Waals surface area (Å²) in [4.78, 5) is 18.5. The lowest BCUT2D eigenvalue weighted by molar-refractivity contribution is -0.121. The molecule has 0 saturated heterocycles. The molecule has 0 unspecified atom stereocenters. The number of nitrogens with zero attached hydrogens (tertiary/aromatic N) is 1. The lowest BCUT2D eigenvalue weighted by Crippen LogP contribution is -2.29. The van der Waals surface area contributed by atoms with Crippen molar-refractivity contribution in [2.24, 2.45) is 0 Å². The van der Waals surface area contributed by atoms with E-state index in [0.717, 1.165) is 11.5 Å². The van der Waals surface area contributed by atoms with Crippen LogP contribution in [0.2, 0.25) is 0 Å². The monoisotopic (exact) mass is 240 g/mol. The maximum atomic E-state index is 11.3. The molecule has 0 spiro atoms. The van der Waals surface area contributed by atoms with E-state index in [2.05, 4.69) is 20.6 Å². The Morgan fingerprint density at radius 2 is 2.35 bits per heavy atom. The Labute approximate surface area is 101 Å². The number of aryl methyl sites for hydroxylation is 1. The SMILES string of the molecule is COCCNC(=O)CCNCc1cnc(C)[nH]1. The Morgan fingerprint density at radius 3 is 3.00 bits per heavy atom. The van der Waals surface area contributed by atoms with Crippen molar-refractivity contribution in [3.8, 4) is 0 Å². The first-order valence-corrected chi connectivity index (χ1v) is 5.69. The third-order valence-electron chi connectivity index (χ3n) is 2.23. The van der Waals surface area contributed by atoms with E-state index >= 15 is 0 Å². The van der Waals surface area contributed by atoms with Crippen LogP contribution in [-0.2, 0) is 16.1 Å². The van der Waals surface area contributed by atoms with Crippen molar-refractivity contribution in [2.45, 2.75) is 19.9 Å². The third-order valence-corrected chi connectivity index (χ3v) is 2.23. The van der Waals surface area contributed by atoms with E-state index in [1.165, 1.54) is 0 Å². The minimum Gasteiger partial charge on any atom is -0.383 e. The summed E-state index contributed by atoms with van der Waals surface area (Å²) in [6.07, 6.45) is 2.26. The van der Waals surface area contributed by atoms with E-state index < -0.39 is 0 Å². The Bertz CT molecular complexity index is 338. The minimum atomic E-state index is 0.0374. The predicted molar refractivity (Wildman–Crippen MR) is 64.5 cm³/mol. The molecule has 6 nitrogen and oxygen atoms in total. The molecule has 1 aromatic heterocycles. The summed E-state index contributed by atoms with van der Waals surface area (Å²) < 4.78 is 4.84. The first kappa shape index (κ1) is 13.7. The van der Waals surface area contributed by atoms with Gasteiger partial charge in [0.25, 0.3) is 0 Å². The molecule has 1 aromatic rings. The summed E-state index contributed by atoms with van der Waals surface area (Å²) in [5, 5.41) is 5.94. The molecule has 0 bridgehead atoms. The Hall–Kier alpha value is -1.40. The number of hydrogen-bond acceptors (Lipinski definition) is 4. The molecule has 0 fully saturated rings. The van der Waals surface area contributed by atoms with Gasteiger partial charge in [0.2, 0.25) is 5.91 Å². The van der Waals surface area contributed by atoms with E-state index in [0.29, 0.717) is 32.7 Å². The van der Waals surface area contributed by atoms with Crippen molar-refractivity contribution in [3.63, 3.8) is 0 Å². The number of methoxy groups -OCH3 is 1. The average molecular weight is 240 g/mol. The zero-order valence-electron chi connectivity index (χ0n) is 10.4. The van der Waals surface area contributed by atoms with Gasteiger partial charge in [-0.05, 0) is 6.92 Å². The highest BCUT2D eigenvalue weighted by molar-refractivity contribution is 5.75. The third kappa shape index (κ3) is 6.03. The van der Waals surface area contributed by atoms with Crippen molar-refractivity contribution >= 4 is 5.91 Å². The number of nitrogens with one attached hydrogen (secondary N) is 3. The van der Waals surface area contributed by atoms with Crippen LogP contribution in [0.5, 0.6) is 0 Å². The van der Waals surface area contributed by atoms with Crippen LogP contribution >= 0.6 is 0 Å². The van der Waals surface area contributed by atoms with Gasteiger partial charge in [0.1, 0.15) is 5.82 Å². The van der Waals surface area contributed by atoms with Crippen LogP contribution in [0.3, 0.4) is 0 Å². The van der Waals surface area contributed by atoms with Crippen LogP contribution in [0, 0.1) is 6.92 Å². The van der Waals surface area contributed by atoms with Crippen molar-refractivity contribution in [2.75, 3.05) is 26.8 Å². The number of aromatic amines is 1. The van der Waals surface area contributed by atoms with Crippen molar-refractivity contribution in [1.82, 2.24) is 20.6 Å². The van der Waals surface area contributed by atoms with Crippen LogP contribution < -0.4 is 10.6 Å². The molecule has 0 radical (unpaired) electrons. The van der Waals surface area contributed by atoms with Crippen molar-refractivity contribution in [1.29, 1.82) is 0 Å². The quantitative estimate of drug-likeness (QED) is 0.557. The van der Waals surface area contributed by atoms with Gasteiger partial charge in [0, 0.05) is 45.1 Å². The molecule has 0 atom stereocenters. The number of amides is 1. The summed E-state index contributed by atoms with van der Waals surface area (Å²) in [6, 6.07) is 0. The van der Waals surface area contributed by atoms with Crippen LogP contribution in [0.15, 0.2) is 6.20 Å². The Kier molecular flexibility index (Phi) is 6.27. The second kappa shape index (κ2) is 7.81. The van der Waals surface area contributed by atoms with Gasteiger partial charge in [-0.25, -0.2) is 4.98 Å². The van der Waals surface area contributed by atoms with Gasteiger partial charge in [0.15, 0.2) is 0 Å². The molecule has 3 N–H and O–H groups in total. The standard InChI is InChI=1S/C11H20N4O2/c1-9-14-8-10(15-9)7-12-4-3-11(16)13-5-6-17-2/h8,12H,3-7H2,1-2H3,(H,13,16)(H,14,15). The summed E-state index contributed by atoms with van der Waals surface area (Å²) in [5.41, 5.74) is 1.03. The smallest absolute Gasteiger partial charge is 0.221 e. The second-order valence-electron chi connectivity index (χ2n) is 3.76. The summed E-state index contributed by atoms with van der Waals surface area (Å²) in [7, 11) is 1.61. The zero-order valence-corrected chi connectivity index (χ0v) is 10.4. The van der Waals surface area contributed by atoms with Gasteiger partial charge in [-0.2, -0.15) is 0 Å². The summed E-state index contributed by atoms with van der Waals surface area (Å²) >= 11 is 0. The van der Waals surface area contributed by atoms with Crippen molar-refractivity contribution in [3.05, 3.63) is 17.7 Å². The van der Waals surface area contributed by atoms with Crippen LogP contribution in [0.1, 0.15) is 17.9 Å². The lowest BCUT2D eigenvalue weighted by Gasteiger charge is -2.05. The molecule has 1 amide bonds. The molecule has 0 aliphatic carbocycles. The topological polar surface area (TPSA) is 79.0 Å². The van der Waals surface area contributed by atoms with E-state index in [1.54, 1.807) is 13.3 Å². The van der Waals surface area contributed by atoms with Gasteiger partial charge in [-0.3, -0.25) is 4.79 Å². The highest BCUT2D eigenvalue weighted by Crippen LogP contribution is 1.94. The number of aromatic nitrogens is 2. The minimum absolute atomic E-state index is 0.0374. The van der Waals surface area contributed by atoms with Gasteiger partial charge >= 0.3 is 0 Å². The van der Waals surface area contributed by atoms with Gasteiger partial charge < -0.3 is 20.4 Å². The molecular weight excluding hydrogens is 220 g/mol. The number of imidazole rings is 1. The molecular formula is C11H20N4O2. The van der Waals surface area contributed by atoms with E-state index in [4.69, 9.17) is 4.74 Å². The normalized spacial score (nSPS) is 10.5. The Balaban J connectivity index is 2.02. The molecule has 0 aliphatic heterocycles. The molecule has 0 aliphatic rings. The maximum Gasteiger partial charge on any atom is 0.221 e. The number of rotatable bonds is 8.